The van der Waals surface area contributed by atoms with Crippen LogP contribution in [0.3, 0.4) is 0 Å². The minimum Gasteiger partial charge on any atom is -0.270 e. The van der Waals surface area contributed by atoms with E-state index >= 15 is 0 Å². The van der Waals surface area contributed by atoms with Crippen molar-refractivity contribution in [2.75, 3.05) is 0 Å². The topological polar surface area (TPSA) is 40.6 Å². The largest absolute Gasteiger partial charge is 0.277 e. The molecule has 0 spiro atoms. The summed E-state index contributed by atoms with van der Waals surface area (Å²) in [5.74, 6) is -0.663. The molecule has 5 heteroatoms. The number of alkyl halides is 1. The van der Waals surface area contributed by atoms with E-state index in [1.807, 2.05) is 18.2 Å². The Bertz CT molecular complexity index is 583. The molecule has 1 aromatic carbocycles. The van der Waals surface area contributed by atoms with Gasteiger partial charge in [-0.3, -0.25) is 9.59 Å². The molecule has 2 aliphatic heterocycles. The first-order valence-corrected chi connectivity index (χ1v) is 6.62. The lowest BCUT2D eigenvalue weighted by Gasteiger charge is -2.27. The molecule has 4 nitrogen and oxygen atoms in total. The number of amides is 2. The Labute approximate surface area is 115 Å². The van der Waals surface area contributed by atoms with E-state index in [1.165, 1.54) is 10.0 Å². The summed E-state index contributed by atoms with van der Waals surface area (Å²) in [5, 5.41) is 3.04. The van der Waals surface area contributed by atoms with Gasteiger partial charge in [-0.05, 0) is 12.0 Å². The minimum atomic E-state index is -1.59. The average Bonchev–Trinajstić information content (AvgIpc) is 3.10. The summed E-state index contributed by atoms with van der Waals surface area (Å²) in [4.78, 5) is 23.6. The number of hydrogen-bond acceptors (Lipinski definition) is 2. The highest BCUT2D eigenvalue weighted by Crippen LogP contribution is 2.47. The number of rotatable bonds is 1. The lowest BCUT2D eigenvalue weighted by Crippen LogP contribution is -2.43. The Balaban J connectivity index is 1.85. The summed E-state index contributed by atoms with van der Waals surface area (Å²) < 4.78 is 0. The summed E-state index contributed by atoms with van der Waals surface area (Å²) in [5.41, 5.74) is 0.542. The van der Waals surface area contributed by atoms with Crippen LogP contribution in [0.1, 0.15) is 12.0 Å². The maximum atomic E-state index is 12.6. The molecule has 96 valence electrons. The number of fused-ring (bicyclic) bond motifs is 5. The predicted octanol–water partition coefficient (Wildman–Crippen LogP) is 1.42. The fourth-order valence-electron chi connectivity index (χ4n) is 3.16. The zero-order valence-electron chi connectivity index (χ0n) is 9.99. The molecule has 1 aromatic rings. The molecule has 0 aromatic heterocycles. The number of halogens is 1. The van der Waals surface area contributed by atoms with Gasteiger partial charge in [0, 0.05) is 0 Å². The van der Waals surface area contributed by atoms with E-state index in [4.69, 9.17) is 11.6 Å². The molecule has 19 heavy (non-hydrogen) atoms. The first kappa shape index (κ1) is 11.1. The van der Waals surface area contributed by atoms with Gasteiger partial charge < -0.3 is 0 Å². The number of hydrogen-bond donors (Lipinski definition) is 0. The molecule has 2 bridgehead atoms. The van der Waals surface area contributed by atoms with Gasteiger partial charge >= 0.3 is 0 Å². The maximum Gasteiger partial charge on any atom is 0.277 e. The van der Waals surface area contributed by atoms with Gasteiger partial charge in [0.25, 0.3) is 11.8 Å². The lowest BCUT2D eigenvalue weighted by molar-refractivity contribution is -0.145. The van der Waals surface area contributed by atoms with Gasteiger partial charge in [-0.25, -0.2) is 10.0 Å². The van der Waals surface area contributed by atoms with Gasteiger partial charge in [-0.2, -0.15) is 0 Å². The van der Waals surface area contributed by atoms with Crippen molar-refractivity contribution in [2.45, 2.75) is 23.4 Å². The van der Waals surface area contributed by atoms with Crippen LogP contribution >= 0.6 is 11.6 Å². The predicted molar refractivity (Wildman–Crippen MR) is 69.0 cm³/mol. The molecular formula is C14H11ClN2O2. The van der Waals surface area contributed by atoms with Gasteiger partial charge in [-0.1, -0.05) is 54.1 Å². The van der Waals surface area contributed by atoms with Gasteiger partial charge in [-0.15, -0.1) is 0 Å². The van der Waals surface area contributed by atoms with Crippen LogP contribution in [-0.4, -0.2) is 33.9 Å². The fraction of sp³-hybridized carbons (Fsp3) is 0.286. The van der Waals surface area contributed by atoms with Crippen molar-refractivity contribution < 1.29 is 9.59 Å². The van der Waals surface area contributed by atoms with Gasteiger partial charge in [0.15, 0.2) is 0 Å². The van der Waals surface area contributed by atoms with Crippen LogP contribution in [-0.2, 0) is 14.5 Å². The van der Waals surface area contributed by atoms with E-state index in [9.17, 15) is 9.59 Å². The molecule has 2 atom stereocenters. The number of benzene rings is 1. The highest BCUT2D eigenvalue weighted by molar-refractivity contribution is 6.47. The van der Waals surface area contributed by atoms with E-state index in [1.54, 1.807) is 24.3 Å². The Hall–Kier alpha value is -1.81. The highest BCUT2D eigenvalue weighted by Gasteiger charge is 2.64. The van der Waals surface area contributed by atoms with Crippen LogP contribution in [0.5, 0.6) is 0 Å². The SMILES string of the molecule is O=C1N2C3C=CC(C3)N2C(=O)C1(Cl)c1ccccc1. The molecule has 0 saturated carbocycles. The van der Waals surface area contributed by atoms with Crippen molar-refractivity contribution in [1.29, 1.82) is 0 Å². The average molecular weight is 275 g/mol. The second-order valence-corrected chi connectivity index (χ2v) is 5.65. The van der Waals surface area contributed by atoms with Crippen LogP contribution in [0.15, 0.2) is 42.5 Å². The molecule has 2 fully saturated rings. The summed E-state index contributed by atoms with van der Waals surface area (Å²) in [6, 6.07) is 8.80. The normalized spacial score (nSPS) is 35.4. The lowest BCUT2D eigenvalue weighted by atomic mass is 9.96. The maximum absolute atomic E-state index is 12.6. The van der Waals surface area contributed by atoms with E-state index in [0.717, 1.165) is 6.42 Å². The number of carbonyl (C=O) groups excluding carboxylic acids is 2. The van der Waals surface area contributed by atoms with Crippen molar-refractivity contribution in [1.82, 2.24) is 10.0 Å². The summed E-state index contributed by atoms with van der Waals surface area (Å²) in [6.07, 6.45) is 4.74. The smallest absolute Gasteiger partial charge is 0.270 e. The van der Waals surface area contributed by atoms with Crippen LogP contribution in [0.25, 0.3) is 0 Å². The third kappa shape index (κ3) is 1.15. The molecule has 0 radical (unpaired) electrons. The molecule has 2 heterocycles. The van der Waals surface area contributed by atoms with E-state index in [2.05, 4.69) is 0 Å². The Morgan fingerprint density at radius 2 is 1.53 bits per heavy atom. The third-order valence-electron chi connectivity index (χ3n) is 4.08. The number of nitrogens with zero attached hydrogens (tertiary/aromatic N) is 2. The first-order valence-electron chi connectivity index (χ1n) is 6.24. The zero-order chi connectivity index (χ0) is 13.2. The van der Waals surface area contributed by atoms with E-state index < -0.39 is 4.87 Å². The van der Waals surface area contributed by atoms with E-state index in [-0.39, 0.29) is 23.9 Å². The van der Waals surface area contributed by atoms with Crippen LogP contribution in [0, 0.1) is 0 Å². The first-order chi connectivity index (χ1) is 9.14. The highest BCUT2D eigenvalue weighted by atomic mass is 35.5. The Morgan fingerprint density at radius 1 is 1.00 bits per heavy atom. The molecule has 1 aliphatic carbocycles. The molecule has 4 rings (SSSR count). The summed E-state index contributed by atoms with van der Waals surface area (Å²) in [6.45, 7) is 0. The zero-order valence-corrected chi connectivity index (χ0v) is 10.7. The van der Waals surface area contributed by atoms with Crippen molar-refractivity contribution >= 4 is 23.4 Å². The van der Waals surface area contributed by atoms with Crippen molar-refractivity contribution in [3.63, 3.8) is 0 Å². The molecule has 2 saturated heterocycles. The Morgan fingerprint density at radius 3 is 2.05 bits per heavy atom. The molecule has 2 unspecified atom stereocenters. The molecular weight excluding hydrogens is 264 g/mol. The minimum absolute atomic E-state index is 0.0224. The standard InChI is InChI=1S/C14H11ClN2O2/c15-14(9-4-2-1-3-5-9)12(18)16-10-6-7-11(8-10)17(16)13(14)19/h1-7,10-11H,8H2. The van der Waals surface area contributed by atoms with Crippen molar-refractivity contribution in [3.05, 3.63) is 48.0 Å². The van der Waals surface area contributed by atoms with Gasteiger partial charge in [0.1, 0.15) is 0 Å². The van der Waals surface area contributed by atoms with Crippen LogP contribution in [0.4, 0.5) is 0 Å². The van der Waals surface area contributed by atoms with E-state index in [0.29, 0.717) is 5.56 Å². The third-order valence-corrected chi connectivity index (χ3v) is 4.62. The fourth-order valence-corrected chi connectivity index (χ4v) is 3.46. The van der Waals surface area contributed by atoms with Crippen LogP contribution in [0.2, 0.25) is 0 Å². The molecule has 3 aliphatic rings. The number of hydrazine groups is 1. The van der Waals surface area contributed by atoms with Crippen molar-refractivity contribution in [3.8, 4) is 0 Å². The van der Waals surface area contributed by atoms with Crippen LogP contribution < -0.4 is 0 Å². The monoisotopic (exact) mass is 274 g/mol. The molecule has 0 N–H and O–H groups in total. The summed E-state index contributed by atoms with van der Waals surface area (Å²) >= 11 is 6.45. The molecule has 2 amide bonds. The van der Waals surface area contributed by atoms with Gasteiger partial charge in [0.05, 0.1) is 12.1 Å². The number of carbonyl (C=O) groups is 2. The second kappa shape index (κ2) is 3.39. The quantitative estimate of drug-likeness (QED) is 0.441. The van der Waals surface area contributed by atoms with Gasteiger partial charge in [0.2, 0.25) is 4.87 Å². The second-order valence-electron chi connectivity index (χ2n) is 5.08. The Kier molecular flexibility index (Phi) is 1.97. The van der Waals surface area contributed by atoms with Crippen molar-refractivity contribution in [2.24, 2.45) is 0 Å². The summed E-state index contributed by atoms with van der Waals surface area (Å²) in [7, 11) is 0.